The van der Waals surface area contributed by atoms with E-state index in [1.54, 1.807) is 6.07 Å². The summed E-state index contributed by atoms with van der Waals surface area (Å²) in [6, 6.07) is 5.33. The fraction of sp³-hybridized carbons (Fsp3) is 0.464. The van der Waals surface area contributed by atoms with Crippen LogP contribution in [0.15, 0.2) is 34.9 Å². The second-order valence-corrected chi connectivity index (χ2v) is 13.5. The van der Waals surface area contributed by atoms with Gasteiger partial charge in [0.25, 0.3) is 5.91 Å². The van der Waals surface area contributed by atoms with Crippen molar-refractivity contribution in [1.82, 2.24) is 25.4 Å². The Bertz CT molecular complexity index is 1620. The molecule has 13 heteroatoms. The van der Waals surface area contributed by atoms with E-state index in [9.17, 15) is 26.8 Å². The quantitative estimate of drug-likeness (QED) is 0.403. The lowest BCUT2D eigenvalue weighted by Crippen LogP contribution is -2.49. The lowest BCUT2D eigenvalue weighted by atomic mass is 9.68. The maximum Gasteiger partial charge on any atom is 0.275 e. The molecule has 2 aromatic heterocycles. The Kier molecular flexibility index (Phi) is 7.21. The molecule has 2 bridgehead atoms. The second kappa shape index (κ2) is 10.3. The van der Waals surface area contributed by atoms with E-state index in [1.165, 1.54) is 30.1 Å². The first-order valence-electron chi connectivity index (χ1n) is 13.2. The molecule has 2 heterocycles. The molecule has 10 nitrogen and oxygen atoms in total. The number of carbonyl (C=O) groups is 2. The molecule has 218 valence electrons. The summed E-state index contributed by atoms with van der Waals surface area (Å²) >= 11 is 0. The summed E-state index contributed by atoms with van der Waals surface area (Å²) < 4.78 is 57.8. The van der Waals surface area contributed by atoms with E-state index in [1.807, 2.05) is 0 Å². The van der Waals surface area contributed by atoms with Crippen LogP contribution in [0.25, 0.3) is 11.3 Å². The zero-order valence-corrected chi connectivity index (χ0v) is 24.0. The number of carbonyl (C=O) groups excluding carboxylic acids is 2. The molecule has 2 aliphatic rings. The van der Waals surface area contributed by atoms with E-state index in [4.69, 9.17) is 4.42 Å². The number of aromatic nitrogens is 3. The largest absolute Gasteiger partial charge is 0.447 e. The average Bonchev–Trinajstić information content (AvgIpc) is 3.51. The molecule has 1 N–H and O–H groups in total. The third-order valence-corrected chi connectivity index (χ3v) is 9.40. The van der Waals surface area contributed by atoms with Gasteiger partial charge in [-0.05, 0) is 47.9 Å². The maximum atomic E-state index is 14.6. The van der Waals surface area contributed by atoms with Crippen LogP contribution >= 0.6 is 0 Å². The van der Waals surface area contributed by atoms with Gasteiger partial charge in [-0.1, -0.05) is 19.9 Å². The number of benzene rings is 1. The predicted octanol–water partition coefficient (Wildman–Crippen LogP) is 3.39. The molecule has 1 aromatic carbocycles. The molecule has 0 aliphatic heterocycles. The highest BCUT2D eigenvalue weighted by Crippen LogP contribution is 2.67. The normalized spacial score (nSPS) is 20.6. The summed E-state index contributed by atoms with van der Waals surface area (Å²) in [7, 11) is -1.93. The summed E-state index contributed by atoms with van der Waals surface area (Å²) in [6.07, 6.45) is 3.64. The van der Waals surface area contributed by atoms with Crippen molar-refractivity contribution < 1.29 is 31.2 Å². The van der Waals surface area contributed by atoms with Crippen molar-refractivity contribution in [3.05, 3.63) is 65.0 Å². The molecule has 2 atom stereocenters. The second-order valence-electron chi connectivity index (χ2n) is 11.4. The Morgan fingerprint density at radius 2 is 1.90 bits per heavy atom. The number of nitrogens with zero attached hydrogens (tertiary/aromatic N) is 4. The van der Waals surface area contributed by atoms with Gasteiger partial charge < -0.3 is 14.6 Å². The fourth-order valence-corrected chi connectivity index (χ4v) is 7.02. The van der Waals surface area contributed by atoms with Gasteiger partial charge in [0.05, 0.1) is 17.0 Å². The predicted molar refractivity (Wildman–Crippen MR) is 144 cm³/mol. The van der Waals surface area contributed by atoms with Gasteiger partial charge in [-0.25, -0.2) is 22.2 Å². The van der Waals surface area contributed by atoms with Crippen LogP contribution < -0.4 is 5.32 Å². The van der Waals surface area contributed by atoms with Gasteiger partial charge in [-0.3, -0.25) is 9.59 Å². The number of amides is 2. The molecular formula is C28H31F2N5O5S. The minimum atomic E-state index is -3.44. The van der Waals surface area contributed by atoms with Gasteiger partial charge in [-0.2, -0.15) is 10.2 Å². The van der Waals surface area contributed by atoms with Crippen molar-refractivity contribution in [2.24, 2.45) is 5.41 Å². The topological polar surface area (TPSA) is 135 Å². The summed E-state index contributed by atoms with van der Waals surface area (Å²) in [6.45, 7) is 4.40. The van der Waals surface area contributed by atoms with E-state index in [-0.39, 0.29) is 54.2 Å². The molecule has 1 fully saturated rings. The number of hydrogen-bond acceptors (Lipinski definition) is 8. The monoisotopic (exact) mass is 587 g/mol. The number of rotatable bonds is 9. The van der Waals surface area contributed by atoms with Crippen molar-refractivity contribution in [2.75, 3.05) is 26.4 Å². The van der Waals surface area contributed by atoms with Gasteiger partial charge in [-0.15, -0.1) is 0 Å². The van der Waals surface area contributed by atoms with Crippen LogP contribution in [0.2, 0.25) is 0 Å². The first-order chi connectivity index (χ1) is 19.3. The van der Waals surface area contributed by atoms with E-state index < -0.39 is 44.0 Å². The van der Waals surface area contributed by atoms with Gasteiger partial charge in [0.2, 0.25) is 11.8 Å². The molecule has 2 aliphatic carbocycles. The van der Waals surface area contributed by atoms with E-state index in [2.05, 4.69) is 34.3 Å². The SMILES string of the molecule is CNC(=O)CCN(C[C@@]12CC[C@@H](c3cc(-c4c(F)cccc4F)nnc31)C2(C)C)C(=O)c1coc(CS(C)(=O)=O)n1. The third-order valence-electron chi connectivity index (χ3n) is 8.63. The molecule has 0 spiro atoms. The van der Waals surface area contributed by atoms with Crippen molar-refractivity contribution >= 4 is 21.7 Å². The maximum absolute atomic E-state index is 14.6. The highest BCUT2D eigenvalue weighted by atomic mass is 32.2. The lowest BCUT2D eigenvalue weighted by molar-refractivity contribution is -0.120. The zero-order chi connectivity index (χ0) is 29.7. The first kappa shape index (κ1) is 28.8. The number of nitrogens with one attached hydrogen (secondary N) is 1. The van der Waals surface area contributed by atoms with Crippen LogP contribution in [-0.2, 0) is 25.8 Å². The van der Waals surface area contributed by atoms with Gasteiger partial charge in [0.15, 0.2) is 15.5 Å². The Balaban J connectivity index is 1.52. The zero-order valence-electron chi connectivity index (χ0n) is 23.2. The van der Waals surface area contributed by atoms with E-state index in [0.717, 1.165) is 24.5 Å². The van der Waals surface area contributed by atoms with E-state index in [0.29, 0.717) is 12.1 Å². The Labute approximate surface area is 236 Å². The summed E-state index contributed by atoms with van der Waals surface area (Å²) in [5.74, 6) is -2.79. The summed E-state index contributed by atoms with van der Waals surface area (Å²) in [4.78, 5) is 31.5. The highest BCUT2D eigenvalue weighted by molar-refractivity contribution is 7.89. The molecule has 0 radical (unpaired) electrons. The van der Waals surface area contributed by atoms with Gasteiger partial charge in [0, 0.05) is 38.2 Å². The van der Waals surface area contributed by atoms with Crippen LogP contribution in [0, 0.1) is 17.0 Å². The number of sulfone groups is 1. The van der Waals surface area contributed by atoms with Crippen molar-refractivity contribution in [1.29, 1.82) is 0 Å². The Hall–Kier alpha value is -3.74. The smallest absolute Gasteiger partial charge is 0.275 e. The Morgan fingerprint density at radius 3 is 2.56 bits per heavy atom. The molecule has 0 unspecified atom stereocenters. The Morgan fingerprint density at radius 1 is 1.20 bits per heavy atom. The highest BCUT2D eigenvalue weighted by Gasteiger charge is 2.64. The summed E-state index contributed by atoms with van der Waals surface area (Å²) in [5.41, 5.74) is 0.220. The minimum Gasteiger partial charge on any atom is -0.447 e. The lowest BCUT2D eigenvalue weighted by Gasteiger charge is -2.41. The van der Waals surface area contributed by atoms with Crippen molar-refractivity contribution in [3.63, 3.8) is 0 Å². The van der Waals surface area contributed by atoms with Crippen molar-refractivity contribution in [2.45, 2.75) is 50.2 Å². The standard InChI is InChI=1S/C28H31F2N5O5S/c1-27(2)17-8-10-28(27,25-16(17)12-20(33-34-25)24-18(29)6-5-7-19(24)30)15-35(11-9-22(36)31-3)26(37)21-13-40-23(32-21)14-41(4,38)39/h5-7,12-13,17H,8-11,14-15H2,1-4H3,(H,31,36)/t17-,28-/m0/s1. The third kappa shape index (κ3) is 5.00. The molecule has 1 saturated carbocycles. The molecule has 2 amide bonds. The fourth-order valence-electron chi connectivity index (χ4n) is 6.44. The molecule has 5 rings (SSSR count). The molecule has 41 heavy (non-hydrogen) atoms. The number of oxazole rings is 1. The van der Waals surface area contributed by atoms with Crippen molar-refractivity contribution in [3.8, 4) is 11.3 Å². The number of fused-ring (bicyclic) bond motifs is 5. The first-order valence-corrected chi connectivity index (χ1v) is 15.3. The van der Waals surface area contributed by atoms with E-state index >= 15 is 0 Å². The minimum absolute atomic E-state index is 0.00545. The molecule has 0 saturated heterocycles. The van der Waals surface area contributed by atoms with Crippen LogP contribution in [0.3, 0.4) is 0 Å². The molecular weight excluding hydrogens is 556 g/mol. The van der Waals surface area contributed by atoms with Gasteiger partial charge >= 0.3 is 0 Å². The van der Waals surface area contributed by atoms with Crippen LogP contribution in [0.1, 0.15) is 66.7 Å². The number of halogens is 2. The van der Waals surface area contributed by atoms with Crippen LogP contribution in [0.5, 0.6) is 0 Å². The van der Waals surface area contributed by atoms with Gasteiger partial charge in [0.1, 0.15) is 23.7 Å². The van der Waals surface area contributed by atoms with Crippen LogP contribution in [0.4, 0.5) is 8.78 Å². The van der Waals surface area contributed by atoms with Crippen LogP contribution in [-0.4, -0.2) is 66.7 Å². The number of hydrogen-bond donors (Lipinski definition) is 1. The molecule has 3 aromatic rings. The average molecular weight is 588 g/mol. The summed E-state index contributed by atoms with van der Waals surface area (Å²) in [5, 5.41) is 11.3.